The van der Waals surface area contributed by atoms with Gasteiger partial charge in [0.15, 0.2) is 0 Å². The summed E-state index contributed by atoms with van der Waals surface area (Å²) in [5.41, 5.74) is 2.67. The van der Waals surface area contributed by atoms with Gasteiger partial charge in [0.05, 0.1) is 0 Å². The molecule has 0 spiro atoms. The zero-order valence-electron chi connectivity index (χ0n) is 16.8. The van der Waals surface area contributed by atoms with Gasteiger partial charge in [-0.15, -0.1) is 0 Å². The molecule has 1 heterocycles. The van der Waals surface area contributed by atoms with E-state index in [1.54, 1.807) is 0 Å². The number of anilines is 1. The molecule has 142 valence electrons. The van der Waals surface area contributed by atoms with Crippen molar-refractivity contribution in [1.29, 1.82) is 0 Å². The molecule has 25 heavy (non-hydrogen) atoms. The van der Waals surface area contributed by atoms with Crippen molar-refractivity contribution < 1.29 is 4.21 Å². The molecule has 0 aromatic heterocycles. The summed E-state index contributed by atoms with van der Waals surface area (Å²) < 4.78 is 13.6. The Morgan fingerprint density at radius 3 is 2.44 bits per heavy atom. The highest BCUT2D eigenvalue weighted by Crippen LogP contribution is 2.43. The van der Waals surface area contributed by atoms with E-state index in [0.29, 0.717) is 0 Å². The molecule has 1 aromatic rings. The molecule has 2 rings (SSSR count). The first-order valence-electron chi connectivity index (χ1n) is 9.99. The highest BCUT2D eigenvalue weighted by molar-refractivity contribution is 8.00. The van der Waals surface area contributed by atoms with Crippen molar-refractivity contribution in [3.63, 3.8) is 0 Å². The van der Waals surface area contributed by atoms with Crippen LogP contribution in [0.5, 0.6) is 0 Å². The fraction of sp³-hybridized carbons (Fsp3) is 0.682. The van der Waals surface area contributed by atoms with Crippen molar-refractivity contribution in [1.82, 2.24) is 0 Å². The average Bonchev–Trinajstić information content (AvgIpc) is 2.68. The normalized spacial score (nSPS) is 26.1. The highest BCUT2D eigenvalue weighted by Gasteiger charge is 2.36. The zero-order valence-corrected chi connectivity index (χ0v) is 17.6. The van der Waals surface area contributed by atoms with Gasteiger partial charge in [-0.05, 0) is 70.3 Å². The van der Waals surface area contributed by atoms with Gasteiger partial charge in [-0.2, -0.15) is 0 Å². The lowest BCUT2D eigenvalue weighted by molar-refractivity contribution is 0.241. The largest absolute Gasteiger partial charge is 0.378 e. The Labute approximate surface area is 156 Å². The van der Waals surface area contributed by atoms with Crippen molar-refractivity contribution in [2.45, 2.75) is 76.5 Å². The molecule has 0 saturated heterocycles. The molecule has 0 N–H and O–H groups in total. The number of hydrogen-bond acceptors (Lipinski definition) is 2. The van der Waals surface area contributed by atoms with Crippen LogP contribution in [-0.2, 0) is 15.9 Å². The molecular weight excluding hydrogens is 326 g/mol. The fourth-order valence-corrected chi connectivity index (χ4v) is 6.80. The second kappa shape index (κ2) is 8.62. The summed E-state index contributed by atoms with van der Waals surface area (Å²) in [6, 6.07) is 6.42. The van der Waals surface area contributed by atoms with Crippen LogP contribution in [0.2, 0.25) is 0 Å². The Bertz CT molecular complexity index is 663. The summed E-state index contributed by atoms with van der Waals surface area (Å²) in [5, 5.41) is 0. The van der Waals surface area contributed by atoms with Gasteiger partial charge in [0.1, 0.15) is 0 Å². The summed E-state index contributed by atoms with van der Waals surface area (Å²) >= 11 is 0. The van der Waals surface area contributed by atoms with Gasteiger partial charge in [0.25, 0.3) is 0 Å². The topological polar surface area (TPSA) is 20.3 Å². The molecule has 2 nitrogen and oxygen atoms in total. The van der Waals surface area contributed by atoms with E-state index in [1.807, 2.05) is 0 Å². The molecule has 2 unspecified atom stereocenters. The van der Waals surface area contributed by atoms with Crippen LogP contribution in [0.4, 0.5) is 5.69 Å². The van der Waals surface area contributed by atoms with Crippen LogP contribution in [0.3, 0.4) is 0 Å². The van der Waals surface area contributed by atoms with E-state index in [-0.39, 0.29) is 5.41 Å². The van der Waals surface area contributed by atoms with Crippen LogP contribution >= 0.6 is 0 Å². The Morgan fingerprint density at radius 2 is 1.80 bits per heavy atom. The fourth-order valence-electron chi connectivity index (χ4n) is 4.27. The SMILES string of the molecule is C=S1(=O)CC(CCCC)(CCCCC)CCc2cc(N(C)C)ccc21. The van der Waals surface area contributed by atoms with Gasteiger partial charge in [-0.3, -0.25) is 4.21 Å². The molecule has 0 bridgehead atoms. The van der Waals surface area contributed by atoms with Gasteiger partial charge in [0.2, 0.25) is 0 Å². The number of fused-ring (bicyclic) bond motifs is 1. The first-order valence-corrected chi connectivity index (χ1v) is 11.9. The second-order valence-electron chi connectivity index (χ2n) is 8.20. The summed E-state index contributed by atoms with van der Waals surface area (Å²) in [7, 11) is 1.92. The molecule has 0 saturated carbocycles. The van der Waals surface area contributed by atoms with Crippen LogP contribution in [0.1, 0.15) is 70.8 Å². The lowest BCUT2D eigenvalue weighted by Crippen LogP contribution is -2.29. The van der Waals surface area contributed by atoms with E-state index in [0.717, 1.165) is 23.5 Å². The third-order valence-corrected chi connectivity index (χ3v) is 8.08. The molecule has 0 amide bonds. The summed E-state index contributed by atoms with van der Waals surface area (Å²) in [6.07, 6.45) is 10.9. The van der Waals surface area contributed by atoms with E-state index in [4.69, 9.17) is 0 Å². The van der Waals surface area contributed by atoms with Crippen LogP contribution in [0.15, 0.2) is 23.1 Å². The number of nitrogens with zero attached hydrogens (tertiary/aromatic N) is 1. The molecule has 1 aromatic carbocycles. The minimum atomic E-state index is -2.21. The van der Waals surface area contributed by atoms with Crippen molar-refractivity contribution in [3.8, 4) is 0 Å². The van der Waals surface area contributed by atoms with Crippen molar-refractivity contribution >= 4 is 21.1 Å². The highest BCUT2D eigenvalue weighted by atomic mass is 32.2. The molecule has 3 heteroatoms. The first kappa shape index (κ1) is 20.4. The van der Waals surface area contributed by atoms with Crippen LogP contribution in [0, 0.1) is 5.41 Å². The molecular formula is C22H37NOS. The molecule has 1 aliphatic rings. The third kappa shape index (κ3) is 5.03. The number of hydrogen-bond donors (Lipinski definition) is 0. The maximum absolute atomic E-state index is 13.6. The van der Waals surface area contributed by atoms with E-state index >= 15 is 0 Å². The predicted octanol–water partition coefficient (Wildman–Crippen LogP) is 5.53. The van der Waals surface area contributed by atoms with Crippen LogP contribution in [0.25, 0.3) is 0 Å². The van der Waals surface area contributed by atoms with E-state index in [1.165, 1.54) is 56.2 Å². The Kier molecular flexibility index (Phi) is 7.01. The first-order chi connectivity index (χ1) is 11.8. The average molecular weight is 364 g/mol. The smallest absolute Gasteiger partial charge is 0.0364 e. The number of aryl methyl sites for hydroxylation is 1. The summed E-state index contributed by atoms with van der Waals surface area (Å²) in [5.74, 6) is 5.03. The van der Waals surface area contributed by atoms with Crippen LogP contribution < -0.4 is 4.90 Å². The van der Waals surface area contributed by atoms with E-state index < -0.39 is 9.52 Å². The Hall–Kier alpha value is -0.960. The van der Waals surface area contributed by atoms with Gasteiger partial charge in [-0.25, -0.2) is 0 Å². The van der Waals surface area contributed by atoms with Crippen molar-refractivity contribution in [2.24, 2.45) is 5.41 Å². The summed E-state index contributed by atoms with van der Waals surface area (Å²) in [6.45, 7) is 4.52. The second-order valence-corrected chi connectivity index (χ2v) is 10.6. The van der Waals surface area contributed by atoms with Crippen molar-refractivity contribution in [3.05, 3.63) is 23.8 Å². The van der Waals surface area contributed by atoms with E-state index in [9.17, 15) is 4.21 Å². The molecule has 0 fully saturated rings. The number of benzene rings is 1. The predicted molar refractivity (Wildman–Crippen MR) is 114 cm³/mol. The Balaban J connectivity index is 2.35. The minimum Gasteiger partial charge on any atom is -0.378 e. The lowest BCUT2D eigenvalue weighted by Gasteiger charge is -2.34. The summed E-state index contributed by atoms with van der Waals surface area (Å²) in [4.78, 5) is 3.15. The molecule has 1 aliphatic heterocycles. The monoisotopic (exact) mass is 363 g/mol. The minimum absolute atomic E-state index is 0.210. The lowest BCUT2D eigenvalue weighted by atomic mass is 9.75. The third-order valence-electron chi connectivity index (χ3n) is 5.80. The maximum Gasteiger partial charge on any atom is 0.0364 e. The van der Waals surface area contributed by atoms with Gasteiger partial charge in [0, 0.05) is 30.4 Å². The molecule has 0 aliphatic carbocycles. The quantitative estimate of drug-likeness (QED) is 0.447. The number of unbranched alkanes of at least 4 members (excludes halogenated alkanes) is 3. The molecule has 0 radical (unpaired) electrons. The van der Waals surface area contributed by atoms with Gasteiger partial charge < -0.3 is 4.90 Å². The van der Waals surface area contributed by atoms with Crippen LogP contribution in [-0.4, -0.2) is 29.9 Å². The molecule has 2 atom stereocenters. The van der Waals surface area contributed by atoms with Crippen molar-refractivity contribution in [2.75, 3.05) is 24.7 Å². The Morgan fingerprint density at radius 1 is 1.12 bits per heavy atom. The maximum atomic E-state index is 13.6. The van der Waals surface area contributed by atoms with Gasteiger partial charge >= 0.3 is 0 Å². The standard InChI is InChI=1S/C22H37NOS/c1-6-8-10-15-22(14-9-7-2)16-13-19-17-20(23(3)4)11-12-21(19)25(5,24)18-22/h11-12,17H,5-10,13-16,18H2,1-4H3. The van der Waals surface area contributed by atoms with E-state index in [2.05, 4.69) is 56.9 Å². The van der Waals surface area contributed by atoms with Gasteiger partial charge in [-0.1, -0.05) is 46.0 Å². The zero-order chi connectivity index (χ0) is 18.5. The number of rotatable bonds is 8.